The molecular weight excluding hydrogens is 907 g/mol. The van der Waals surface area contributed by atoms with Gasteiger partial charge >= 0.3 is 6.09 Å². The first-order chi connectivity index (χ1) is 31.4. The van der Waals surface area contributed by atoms with E-state index in [0.717, 1.165) is 10.5 Å². The van der Waals surface area contributed by atoms with Crippen LogP contribution in [0, 0.1) is 0 Å². The Balaban J connectivity index is 1.49. The van der Waals surface area contributed by atoms with Gasteiger partial charge in [0, 0.05) is 37.3 Å². The van der Waals surface area contributed by atoms with Crippen molar-refractivity contribution in [1.82, 2.24) is 39.1 Å². The lowest BCUT2D eigenvalue weighted by Gasteiger charge is -2.33. The summed E-state index contributed by atoms with van der Waals surface area (Å²) >= 11 is 1.23. The monoisotopic (exact) mass is 955 g/mol. The largest absolute Gasteiger partial charge is 0.497 e. The normalized spacial score (nSPS) is 12.1. The molecule has 4 N–H and O–H groups in total. The third-order valence-corrected chi connectivity index (χ3v) is 15.0. The molecule has 0 radical (unpaired) electrons. The molecule has 0 aliphatic heterocycles. The third-order valence-electron chi connectivity index (χ3n) is 10.6. The maximum Gasteiger partial charge on any atom is 0.407 e. The molecule has 0 saturated carbocycles. The Kier molecular flexibility index (Phi) is 13.9. The lowest BCUT2D eigenvalue weighted by atomic mass is 9.98. The minimum Gasteiger partial charge on any atom is -0.497 e. The predicted molar refractivity (Wildman–Crippen MR) is 250 cm³/mol. The number of sulfonamides is 2. The second-order valence-corrected chi connectivity index (χ2v) is 20.7. The van der Waals surface area contributed by atoms with Gasteiger partial charge in [-0.2, -0.15) is 9.10 Å². The number of carboxylic acid groups (broad SMARTS) is 1. The molecule has 0 aliphatic carbocycles. The number of para-hydroxylation sites is 1. The van der Waals surface area contributed by atoms with E-state index in [-0.39, 0.29) is 48.3 Å². The van der Waals surface area contributed by atoms with Crippen LogP contribution < -0.4 is 24.7 Å². The van der Waals surface area contributed by atoms with Crippen molar-refractivity contribution in [3.63, 3.8) is 0 Å². The highest BCUT2D eigenvalue weighted by Gasteiger charge is 2.38. The van der Waals surface area contributed by atoms with E-state index in [0.29, 0.717) is 44.2 Å². The van der Waals surface area contributed by atoms with Crippen LogP contribution in [-0.2, 0) is 39.7 Å². The van der Waals surface area contributed by atoms with E-state index in [9.17, 15) is 18.3 Å². The number of nitrogens with two attached hydrogens (primary N) is 1. The van der Waals surface area contributed by atoms with E-state index in [1.54, 1.807) is 101 Å². The number of methoxy groups -OCH3 is 3. The molecule has 7 aromatic rings. The topological polar surface area (TPSA) is 234 Å². The van der Waals surface area contributed by atoms with Crippen LogP contribution in [0.4, 0.5) is 9.93 Å². The Morgan fingerprint density at radius 2 is 1.35 bits per heavy atom. The van der Waals surface area contributed by atoms with Crippen LogP contribution in [-0.4, -0.2) is 102 Å². The van der Waals surface area contributed by atoms with E-state index in [1.807, 2.05) is 18.2 Å². The Bertz CT molecular complexity index is 3010. The number of carbonyl (C=O) groups is 1. The molecule has 18 nitrogen and oxygen atoms in total. The molecule has 7 rings (SSSR count). The minimum absolute atomic E-state index is 0.112. The van der Waals surface area contributed by atoms with Crippen LogP contribution in [0.2, 0.25) is 0 Å². The number of nitrogen functional groups attached to an aromatic ring is 1. The van der Waals surface area contributed by atoms with Crippen molar-refractivity contribution in [3.05, 3.63) is 120 Å². The van der Waals surface area contributed by atoms with Crippen molar-refractivity contribution < 1.29 is 40.9 Å². The van der Waals surface area contributed by atoms with Crippen molar-refractivity contribution in [2.24, 2.45) is 0 Å². The van der Waals surface area contributed by atoms with Crippen molar-refractivity contribution >= 4 is 52.8 Å². The standard InChI is InChI=1S/C45H49N9O9S3/c1-45(2,3)53(44(55)56)25-24-47-65(57,58)38-23-22-35(36-8-7-9-37-40(36)48-43(46)64-37)39(42-49-51-54(50-42)28-31-14-20-34(63-6)21-15-31)41(38)66(59,60)52(26-29-10-16-32(61-4)17-11-29)27-30-12-18-33(62-5)19-13-30/h7-23,47H,24-28H2,1-6H3,(H2,46,48)(H,55,56). The number of thiazole rings is 1. The molecule has 0 aliphatic rings. The number of hydrogen-bond acceptors (Lipinski definition) is 14. The fraction of sp³-hybridized carbons (Fsp3) is 0.267. The van der Waals surface area contributed by atoms with Crippen LogP contribution in [0.15, 0.2) is 113 Å². The number of rotatable bonds is 18. The molecule has 0 atom stereocenters. The number of fused-ring (bicyclic) bond motifs is 1. The van der Waals surface area contributed by atoms with Gasteiger partial charge in [-0.25, -0.2) is 31.3 Å². The van der Waals surface area contributed by atoms with Crippen molar-refractivity contribution in [1.29, 1.82) is 0 Å². The molecule has 346 valence electrons. The lowest BCUT2D eigenvalue weighted by Crippen LogP contribution is -2.48. The first kappa shape index (κ1) is 47.3. The predicted octanol–water partition coefficient (Wildman–Crippen LogP) is 6.72. The minimum atomic E-state index is -4.96. The summed E-state index contributed by atoms with van der Waals surface area (Å²) in [4.78, 5) is 17.9. The number of nitrogens with zero attached hydrogens (tertiary/aromatic N) is 7. The first-order valence-electron chi connectivity index (χ1n) is 20.4. The van der Waals surface area contributed by atoms with Crippen molar-refractivity contribution in [2.75, 3.05) is 40.2 Å². The van der Waals surface area contributed by atoms with E-state index in [4.69, 9.17) is 25.0 Å². The number of aromatic nitrogens is 5. The molecule has 0 unspecified atom stereocenters. The van der Waals surface area contributed by atoms with Crippen LogP contribution in [0.3, 0.4) is 0 Å². The molecule has 0 saturated heterocycles. The summed E-state index contributed by atoms with van der Waals surface area (Å²) in [6, 6.07) is 28.8. The van der Waals surface area contributed by atoms with E-state index < -0.39 is 48.0 Å². The number of hydrogen-bond donors (Lipinski definition) is 3. The summed E-state index contributed by atoms with van der Waals surface area (Å²) in [5, 5.41) is 23.7. The highest BCUT2D eigenvalue weighted by Crippen LogP contribution is 2.44. The van der Waals surface area contributed by atoms with Crippen LogP contribution in [0.5, 0.6) is 17.2 Å². The van der Waals surface area contributed by atoms with Gasteiger partial charge in [0.2, 0.25) is 25.9 Å². The third kappa shape index (κ3) is 10.4. The molecule has 2 heterocycles. The summed E-state index contributed by atoms with van der Waals surface area (Å²) in [5.41, 5.74) is 8.15. The molecule has 0 fully saturated rings. The Morgan fingerprint density at radius 1 is 0.788 bits per heavy atom. The highest BCUT2D eigenvalue weighted by molar-refractivity contribution is 7.92. The number of nitrogens with one attached hydrogen (secondary N) is 1. The van der Waals surface area contributed by atoms with Crippen LogP contribution in [0.25, 0.3) is 32.7 Å². The number of tetrazole rings is 1. The maximum absolute atomic E-state index is 16.0. The maximum atomic E-state index is 16.0. The zero-order valence-electron chi connectivity index (χ0n) is 37.0. The first-order valence-corrected chi connectivity index (χ1v) is 24.2. The molecular formula is C45H49N9O9S3. The molecule has 0 bridgehead atoms. The fourth-order valence-electron chi connectivity index (χ4n) is 7.28. The van der Waals surface area contributed by atoms with E-state index in [2.05, 4.69) is 20.0 Å². The molecule has 5 aromatic carbocycles. The summed E-state index contributed by atoms with van der Waals surface area (Å²) in [6.45, 7) is 4.07. The Morgan fingerprint density at radius 3 is 1.88 bits per heavy atom. The number of benzene rings is 5. The fourth-order valence-corrected chi connectivity index (χ4v) is 11.5. The Hall–Kier alpha value is -6.65. The molecule has 0 spiro atoms. The summed E-state index contributed by atoms with van der Waals surface area (Å²) < 4.78 is 82.1. The van der Waals surface area contributed by atoms with E-state index in [1.165, 1.54) is 46.8 Å². The zero-order chi connectivity index (χ0) is 47.4. The molecule has 21 heteroatoms. The number of anilines is 1. The Labute approximate surface area is 386 Å². The second kappa shape index (κ2) is 19.4. The second-order valence-electron chi connectivity index (χ2n) is 16.0. The van der Waals surface area contributed by atoms with Gasteiger partial charge in [0.05, 0.1) is 43.7 Å². The lowest BCUT2D eigenvalue weighted by molar-refractivity contribution is 0.102. The van der Waals surface area contributed by atoms with Gasteiger partial charge < -0.3 is 30.0 Å². The van der Waals surface area contributed by atoms with Crippen molar-refractivity contribution in [3.8, 4) is 39.8 Å². The number of amides is 1. The van der Waals surface area contributed by atoms with Crippen LogP contribution >= 0.6 is 11.3 Å². The van der Waals surface area contributed by atoms with Crippen LogP contribution in [0.1, 0.15) is 37.5 Å². The molecule has 1 amide bonds. The summed E-state index contributed by atoms with van der Waals surface area (Å²) in [7, 11) is -5.16. The SMILES string of the molecule is COc1ccc(CN(Cc2ccc(OC)cc2)S(=O)(=O)c2c(S(=O)(=O)NCCN(C(=O)O)C(C)(C)C)ccc(-c3cccc4sc(N)nc34)c2-c2nnn(Cc3ccc(OC)cc3)n2)cc1. The quantitative estimate of drug-likeness (QED) is 0.0810. The van der Waals surface area contributed by atoms with Gasteiger partial charge in [-0.15, -0.1) is 10.2 Å². The number of ether oxygens (including phenoxy) is 3. The molecule has 66 heavy (non-hydrogen) atoms. The smallest absolute Gasteiger partial charge is 0.407 e. The molecule has 2 aromatic heterocycles. The van der Waals surface area contributed by atoms with Gasteiger partial charge in [0.15, 0.2) is 5.13 Å². The summed E-state index contributed by atoms with van der Waals surface area (Å²) in [6.07, 6.45) is -1.26. The van der Waals surface area contributed by atoms with E-state index >= 15 is 8.42 Å². The van der Waals surface area contributed by atoms with Crippen molar-refractivity contribution in [2.45, 2.75) is 55.7 Å². The van der Waals surface area contributed by atoms with Gasteiger partial charge in [0.25, 0.3) is 0 Å². The van der Waals surface area contributed by atoms with Gasteiger partial charge in [-0.3, -0.25) is 0 Å². The van der Waals surface area contributed by atoms with Gasteiger partial charge in [0.1, 0.15) is 27.0 Å². The zero-order valence-corrected chi connectivity index (χ0v) is 39.4. The average molecular weight is 956 g/mol. The highest BCUT2D eigenvalue weighted by atomic mass is 32.2. The summed E-state index contributed by atoms with van der Waals surface area (Å²) in [5.74, 6) is 1.53. The van der Waals surface area contributed by atoms with Gasteiger partial charge in [-0.05, 0) is 96.8 Å². The average Bonchev–Trinajstić information content (AvgIpc) is 3.92. The van der Waals surface area contributed by atoms with Gasteiger partial charge in [-0.1, -0.05) is 65.9 Å².